The summed E-state index contributed by atoms with van der Waals surface area (Å²) in [5.74, 6) is 0.723. The molecule has 2 atom stereocenters. The van der Waals surface area contributed by atoms with Gasteiger partial charge in [-0.1, -0.05) is 30.7 Å². The van der Waals surface area contributed by atoms with Crippen LogP contribution < -0.4 is 5.73 Å². The number of hydrogen-bond acceptors (Lipinski definition) is 3. The van der Waals surface area contributed by atoms with E-state index in [9.17, 15) is 0 Å². The molecule has 0 bridgehead atoms. The Labute approximate surface area is 126 Å². The Morgan fingerprint density at radius 3 is 2.65 bits per heavy atom. The molecule has 110 valence electrons. The van der Waals surface area contributed by atoms with Gasteiger partial charge in [0.05, 0.1) is 0 Å². The van der Waals surface area contributed by atoms with Gasteiger partial charge < -0.3 is 10.6 Å². The number of benzene rings is 1. The number of nitrogens with two attached hydrogens (primary N) is 1. The van der Waals surface area contributed by atoms with Crippen LogP contribution in [0.15, 0.2) is 18.2 Å². The van der Waals surface area contributed by atoms with Crippen LogP contribution in [0.3, 0.4) is 0 Å². The van der Waals surface area contributed by atoms with Crippen molar-refractivity contribution in [1.82, 2.24) is 9.80 Å². The number of halogens is 1. The van der Waals surface area contributed by atoms with Gasteiger partial charge in [-0.25, -0.2) is 0 Å². The van der Waals surface area contributed by atoms with E-state index >= 15 is 0 Å². The van der Waals surface area contributed by atoms with Gasteiger partial charge in [0.15, 0.2) is 0 Å². The molecular formula is C15H23ClN4. The van der Waals surface area contributed by atoms with E-state index in [1.165, 1.54) is 0 Å². The van der Waals surface area contributed by atoms with Gasteiger partial charge in [0, 0.05) is 36.3 Å². The van der Waals surface area contributed by atoms with Gasteiger partial charge in [0.1, 0.15) is 5.84 Å². The fourth-order valence-corrected chi connectivity index (χ4v) is 3.17. The molecule has 2 unspecified atom stereocenters. The standard InChI is InChI=1S/C15H23ClN4/c1-10-7-20(9-14(10)19(2)3)8-12-5-4-11(15(17)18)6-13(12)16/h4-6,10,14H,7-9H2,1-3H3,(H3,17,18). The van der Waals surface area contributed by atoms with Gasteiger partial charge in [-0.3, -0.25) is 10.3 Å². The largest absolute Gasteiger partial charge is 0.384 e. The van der Waals surface area contributed by atoms with Gasteiger partial charge >= 0.3 is 0 Å². The van der Waals surface area contributed by atoms with Crippen molar-refractivity contribution in [2.45, 2.75) is 19.5 Å². The molecule has 4 nitrogen and oxygen atoms in total. The maximum atomic E-state index is 7.43. The van der Waals surface area contributed by atoms with Crippen LogP contribution in [0, 0.1) is 11.3 Å². The minimum absolute atomic E-state index is 0.0564. The minimum atomic E-state index is 0.0564. The number of nitrogen functional groups attached to an aromatic ring is 1. The van der Waals surface area contributed by atoms with Crippen molar-refractivity contribution in [2.75, 3.05) is 27.2 Å². The molecule has 5 heteroatoms. The lowest BCUT2D eigenvalue weighted by Crippen LogP contribution is -2.34. The SMILES string of the molecule is CC1CN(Cc2ccc(C(=N)N)cc2Cl)CC1N(C)C. The number of hydrogen-bond donors (Lipinski definition) is 2. The number of likely N-dealkylation sites (tertiary alicyclic amines) is 1. The highest BCUT2D eigenvalue weighted by Crippen LogP contribution is 2.25. The monoisotopic (exact) mass is 294 g/mol. The molecule has 1 heterocycles. The molecule has 2 rings (SSSR count). The van der Waals surface area contributed by atoms with E-state index in [0.717, 1.165) is 25.2 Å². The second-order valence-electron chi connectivity index (χ2n) is 5.92. The Morgan fingerprint density at radius 2 is 2.15 bits per heavy atom. The molecule has 0 amide bonds. The zero-order valence-electron chi connectivity index (χ0n) is 12.4. The van der Waals surface area contributed by atoms with Crippen LogP contribution in [0.2, 0.25) is 5.02 Å². The third kappa shape index (κ3) is 3.32. The third-order valence-electron chi connectivity index (χ3n) is 4.07. The van der Waals surface area contributed by atoms with Crippen molar-refractivity contribution in [3.63, 3.8) is 0 Å². The molecule has 0 saturated carbocycles. The summed E-state index contributed by atoms with van der Waals surface area (Å²) in [4.78, 5) is 4.73. The Hall–Kier alpha value is -1.10. The summed E-state index contributed by atoms with van der Waals surface area (Å²) in [5, 5.41) is 8.12. The van der Waals surface area contributed by atoms with Crippen molar-refractivity contribution >= 4 is 17.4 Å². The average molecular weight is 295 g/mol. The molecule has 1 aromatic carbocycles. The number of amidine groups is 1. The molecule has 0 spiro atoms. The second kappa shape index (κ2) is 6.12. The van der Waals surface area contributed by atoms with Crippen LogP contribution in [-0.2, 0) is 6.54 Å². The van der Waals surface area contributed by atoms with Gasteiger partial charge in [-0.05, 0) is 31.6 Å². The van der Waals surface area contributed by atoms with Crippen LogP contribution >= 0.6 is 11.6 Å². The Kier molecular flexibility index (Phi) is 4.68. The van der Waals surface area contributed by atoms with Gasteiger partial charge in [-0.2, -0.15) is 0 Å². The number of likely N-dealkylation sites (N-methyl/N-ethyl adjacent to an activating group) is 1. The highest BCUT2D eigenvalue weighted by molar-refractivity contribution is 6.31. The third-order valence-corrected chi connectivity index (χ3v) is 4.42. The first-order valence-corrected chi connectivity index (χ1v) is 7.28. The average Bonchev–Trinajstić information content (AvgIpc) is 2.73. The fraction of sp³-hybridized carbons (Fsp3) is 0.533. The summed E-state index contributed by atoms with van der Waals surface area (Å²) in [5.41, 5.74) is 7.26. The van der Waals surface area contributed by atoms with Crippen molar-refractivity contribution in [1.29, 1.82) is 5.41 Å². The smallest absolute Gasteiger partial charge is 0.122 e. The minimum Gasteiger partial charge on any atom is -0.384 e. The predicted molar refractivity (Wildman–Crippen MR) is 84.4 cm³/mol. The summed E-state index contributed by atoms with van der Waals surface area (Å²) in [7, 11) is 4.28. The van der Waals surface area contributed by atoms with Gasteiger partial charge in [-0.15, -0.1) is 0 Å². The summed E-state index contributed by atoms with van der Waals surface area (Å²) in [6.45, 7) is 5.31. The van der Waals surface area contributed by atoms with E-state index in [2.05, 4.69) is 30.8 Å². The lowest BCUT2D eigenvalue weighted by molar-refractivity contribution is 0.250. The topological polar surface area (TPSA) is 56.4 Å². The summed E-state index contributed by atoms with van der Waals surface area (Å²) < 4.78 is 0. The molecule has 0 radical (unpaired) electrons. The molecule has 1 saturated heterocycles. The first kappa shape index (κ1) is 15.3. The van der Waals surface area contributed by atoms with Crippen molar-refractivity contribution in [3.05, 3.63) is 34.3 Å². The zero-order chi connectivity index (χ0) is 14.9. The molecule has 1 aromatic rings. The first-order valence-electron chi connectivity index (χ1n) is 6.90. The molecule has 20 heavy (non-hydrogen) atoms. The lowest BCUT2D eigenvalue weighted by Gasteiger charge is -2.22. The molecule has 0 aliphatic carbocycles. The second-order valence-corrected chi connectivity index (χ2v) is 6.33. The number of nitrogens with one attached hydrogen (secondary N) is 1. The Bertz CT molecular complexity index is 501. The fourth-order valence-electron chi connectivity index (χ4n) is 2.93. The molecule has 0 aromatic heterocycles. The van der Waals surface area contributed by atoms with Crippen LogP contribution in [0.25, 0.3) is 0 Å². The predicted octanol–water partition coefficient (Wildman–Crippen LogP) is 2.01. The summed E-state index contributed by atoms with van der Waals surface area (Å²) in [6, 6.07) is 6.23. The number of rotatable bonds is 4. The van der Waals surface area contributed by atoms with Crippen LogP contribution in [0.5, 0.6) is 0 Å². The van der Waals surface area contributed by atoms with Gasteiger partial charge in [0.25, 0.3) is 0 Å². The van der Waals surface area contributed by atoms with Gasteiger partial charge in [0.2, 0.25) is 0 Å². The van der Waals surface area contributed by atoms with Crippen LogP contribution in [0.1, 0.15) is 18.1 Å². The van der Waals surface area contributed by atoms with Crippen LogP contribution in [0.4, 0.5) is 0 Å². The summed E-state index contributed by atoms with van der Waals surface area (Å²) >= 11 is 6.30. The Balaban J connectivity index is 2.06. The maximum Gasteiger partial charge on any atom is 0.122 e. The van der Waals surface area contributed by atoms with E-state index in [1.807, 2.05) is 12.1 Å². The van der Waals surface area contributed by atoms with Crippen molar-refractivity contribution in [2.24, 2.45) is 11.7 Å². The molecule has 1 fully saturated rings. The van der Waals surface area contributed by atoms with Crippen LogP contribution in [-0.4, -0.2) is 48.9 Å². The normalized spacial score (nSPS) is 23.4. The van der Waals surface area contributed by atoms with E-state index in [4.69, 9.17) is 22.7 Å². The molecule has 1 aliphatic rings. The maximum absolute atomic E-state index is 7.43. The van der Waals surface area contributed by atoms with E-state index < -0.39 is 0 Å². The first-order chi connectivity index (χ1) is 9.38. The molecule has 1 aliphatic heterocycles. The summed E-state index contributed by atoms with van der Waals surface area (Å²) in [6.07, 6.45) is 0. The lowest BCUT2D eigenvalue weighted by atomic mass is 10.1. The Morgan fingerprint density at radius 1 is 1.45 bits per heavy atom. The number of nitrogens with zero attached hydrogens (tertiary/aromatic N) is 2. The van der Waals surface area contributed by atoms with E-state index in [0.29, 0.717) is 22.5 Å². The van der Waals surface area contributed by atoms with E-state index in [1.54, 1.807) is 6.07 Å². The van der Waals surface area contributed by atoms with E-state index in [-0.39, 0.29) is 5.84 Å². The van der Waals surface area contributed by atoms with Crippen molar-refractivity contribution in [3.8, 4) is 0 Å². The molecular weight excluding hydrogens is 272 g/mol. The molecule has 3 N–H and O–H groups in total. The quantitative estimate of drug-likeness (QED) is 0.660. The highest BCUT2D eigenvalue weighted by atomic mass is 35.5. The zero-order valence-corrected chi connectivity index (χ0v) is 13.1. The highest BCUT2D eigenvalue weighted by Gasteiger charge is 2.30. The van der Waals surface area contributed by atoms with Crippen molar-refractivity contribution < 1.29 is 0 Å².